The molecule has 118 valence electrons. The topological polar surface area (TPSA) is 70.3 Å². The van der Waals surface area contributed by atoms with Crippen molar-refractivity contribution >= 4 is 17.0 Å². The van der Waals surface area contributed by atoms with Crippen LogP contribution in [-0.2, 0) is 6.42 Å². The minimum atomic E-state index is 0.705. The summed E-state index contributed by atoms with van der Waals surface area (Å²) < 4.78 is 0. The third kappa shape index (κ3) is 3.59. The molecular weight excluding hydrogens is 274 g/mol. The van der Waals surface area contributed by atoms with Crippen LogP contribution in [0, 0.1) is 5.92 Å². The molecule has 3 N–H and O–H groups in total. The summed E-state index contributed by atoms with van der Waals surface area (Å²) in [4.78, 5) is 14.7. The number of para-hydroxylation sites is 2. The summed E-state index contributed by atoms with van der Waals surface area (Å²) in [7, 11) is 0. The molecule has 5 nitrogen and oxygen atoms in total. The monoisotopic (exact) mass is 299 g/mol. The third-order valence-electron chi connectivity index (χ3n) is 4.26. The maximum Gasteiger partial charge on any atom is 0.191 e. The van der Waals surface area contributed by atoms with E-state index in [1.54, 1.807) is 0 Å². The van der Waals surface area contributed by atoms with Gasteiger partial charge in [0.15, 0.2) is 5.96 Å². The first-order valence-electron chi connectivity index (χ1n) is 8.21. The van der Waals surface area contributed by atoms with Crippen LogP contribution in [0.1, 0.15) is 32.0 Å². The van der Waals surface area contributed by atoms with Crippen molar-refractivity contribution in [2.75, 3.05) is 19.6 Å². The Kier molecular flexibility index (Phi) is 4.61. The van der Waals surface area contributed by atoms with Crippen LogP contribution < -0.4 is 5.73 Å². The molecule has 1 fully saturated rings. The first kappa shape index (κ1) is 14.9. The van der Waals surface area contributed by atoms with Crippen molar-refractivity contribution in [1.29, 1.82) is 0 Å². The maximum atomic E-state index is 6.10. The molecule has 1 aliphatic rings. The van der Waals surface area contributed by atoms with E-state index in [9.17, 15) is 0 Å². The Morgan fingerprint density at radius 1 is 1.45 bits per heavy atom. The molecule has 2 heterocycles. The van der Waals surface area contributed by atoms with Gasteiger partial charge in [0.1, 0.15) is 5.82 Å². The van der Waals surface area contributed by atoms with Crippen LogP contribution in [0.3, 0.4) is 0 Å². The number of nitrogens with one attached hydrogen (secondary N) is 1. The number of aromatic nitrogens is 2. The summed E-state index contributed by atoms with van der Waals surface area (Å²) in [5, 5.41) is 0. The number of nitrogens with two attached hydrogens (primary N) is 1. The van der Waals surface area contributed by atoms with Crippen LogP contribution in [0.5, 0.6) is 0 Å². The van der Waals surface area contributed by atoms with Gasteiger partial charge in [-0.15, -0.1) is 0 Å². The molecule has 0 amide bonds. The van der Waals surface area contributed by atoms with Crippen molar-refractivity contribution in [2.45, 2.75) is 32.6 Å². The van der Waals surface area contributed by atoms with Crippen LogP contribution in [0.2, 0.25) is 0 Å². The van der Waals surface area contributed by atoms with E-state index in [1.807, 2.05) is 18.2 Å². The molecular formula is C17H25N5. The smallest absolute Gasteiger partial charge is 0.191 e. The SMILES string of the molecule is C[C@H]1CCCN(C(N)=NCCCc2nc3ccccc3[nH]2)C1. The Hall–Kier alpha value is -2.04. The number of guanidine groups is 1. The molecule has 1 aromatic heterocycles. The number of aromatic amines is 1. The molecule has 2 aromatic rings. The number of benzene rings is 1. The zero-order chi connectivity index (χ0) is 15.4. The van der Waals surface area contributed by atoms with Gasteiger partial charge in [0.2, 0.25) is 0 Å². The summed E-state index contributed by atoms with van der Waals surface area (Å²) >= 11 is 0. The molecule has 0 bridgehead atoms. The molecule has 1 aromatic carbocycles. The quantitative estimate of drug-likeness (QED) is 0.518. The van der Waals surface area contributed by atoms with Gasteiger partial charge < -0.3 is 15.6 Å². The van der Waals surface area contributed by atoms with Gasteiger partial charge in [0, 0.05) is 26.1 Å². The van der Waals surface area contributed by atoms with Gasteiger partial charge in [0.25, 0.3) is 0 Å². The molecule has 3 rings (SSSR count). The van der Waals surface area contributed by atoms with E-state index in [-0.39, 0.29) is 0 Å². The number of rotatable bonds is 4. The number of aryl methyl sites for hydroxylation is 1. The zero-order valence-corrected chi connectivity index (χ0v) is 13.3. The van der Waals surface area contributed by atoms with Crippen molar-refractivity contribution in [3.05, 3.63) is 30.1 Å². The maximum absolute atomic E-state index is 6.10. The lowest BCUT2D eigenvalue weighted by molar-refractivity contribution is 0.270. The van der Waals surface area contributed by atoms with Gasteiger partial charge in [-0.3, -0.25) is 4.99 Å². The van der Waals surface area contributed by atoms with Crippen molar-refractivity contribution in [2.24, 2.45) is 16.6 Å². The fourth-order valence-electron chi connectivity index (χ4n) is 3.06. The third-order valence-corrected chi connectivity index (χ3v) is 4.26. The van der Waals surface area contributed by atoms with Crippen molar-refractivity contribution < 1.29 is 0 Å². The number of H-pyrrole nitrogens is 1. The van der Waals surface area contributed by atoms with E-state index < -0.39 is 0 Å². The second-order valence-corrected chi connectivity index (χ2v) is 6.24. The van der Waals surface area contributed by atoms with Crippen molar-refractivity contribution in [3.8, 4) is 0 Å². The molecule has 0 spiro atoms. The van der Waals surface area contributed by atoms with Crippen molar-refractivity contribution in [3.63, 3.8) is 0 Å². The molecule has 0 radical (unpaired) electrons. The predicted molar refractivity (Wildman–Crippen MR) is 90.9 cm³/mol. The minimum Gasteiger partial charge on any atom is -0.370 e. The highest BCUT2D eigenvalue weighted by molar-refractivity contribution is 5.78. The highest BCUT2D eigenvalue weighted by Crippen LogP contribution is 2.15. The van der Waals surface area contributed by atoms with Crippen LogP contribution >= 0.6 is 0 Å². The Morgan fingerprint density at radius 2 is 2.32 bits per heavy atom. The lowest BCUT2D eigenvalue weighted by Crippen LogP contribution is -2.43. The highest BCUT2D eigenvalue weighted by atomic mass is 15.3. The van der Waals surface area contributed by atoms with Crippen LogP contribution in [0.4, 0.5) is 0 Å². The number of imidazole rings is 1. The number of hydrogen-bond acceptors (Lipinski definition) is 2. The molecule has 22 heavy (non-hydrogen) atoms. The fraction of sp³-hybridized carbons (Fsp3) is 0.529. The second-order valence-electron chi connectivity index (χ2n) is 6.24. The average molecular weight is 299 g/mol. The van der Waals surface area contributed by atoms with Gasteiger partial charge >= 0.3 is 0 Å². The lowest BCUT2D eigenvalue weighted by atomic mass is 10.0. The summed E-state index contributed by atoms with van der Waals surface area (Å²) in [6.45, 7) is 5.12. The van der Waals surface area contributed by atoms with E-state index in [0.717, 1.165) is 55.3 Å². The number of hydrogen-bond donors (Lipinski definition) is 2. The number of fused-ring (bicyclic) bond motifs is 1. The minimum absolute atomic E-state index is 0.705. The predicted octanol–water partition coefficient (Wildman–Crippen LogP) is 2.54. The molecule has 0 saturated carbocycles. The molecule has 1 atom stereocenters. The Bertz CT molecular complexity index is 612. The van der Waals surface area contributed by atoms with E-state index in [1.165, 1.54) is 12.8 Å². The number of aliphatic imine (C=N–C) groups is 1. The van der Waals surface area contributed by atoms with E-state index in [0.29, 0.717) is 5.96 Å². The summed E-state index contributed by atoms with van der Waals surface area (Å²) in [5.41, 5.74) is 8.23. The lowest BCUT2D eigenvalue weighted by Gasteiger charge is -2.31. The van der Waals surface area contributed by atoms with Gasteiger partial charge in [-0.2, -0.15) is 0 Å². The summed E-state index contributed by atoms with van der Waals surface area (Å²) in [5.74, 6) is 2.45. The van der Waals surface area contributed by atoms with E-state index in [2.05, 4.69) is 32.9 Å². The number of piperidine rings is 1. The standard InChI is InChI=1S/C17H25N5/c1-13-6-5-11-22(12-13)17(18)19-10-4-9-16-20-14-7-2-3-8-15(14)21-16/h2-3,7-8,13H,4-6,9-12H2,1H3,(H2,18,19)(H,20,21)/t13-/m0/s1. The number of nitrogens with zero attached hydrogens (tertiary/aromatic N) is 3. The first-order valence-corrected chi connectivity index (χ1v) is 8.21. The van der Waals surface area contributed by atoms with Gasteiger partial charge in [-0.1, -0.05) is 19.1 Å². The van der Waals surface area contributed by atoms with Gasteiger partial charge in [0.05, 0.1) is 11.0 Å². The Morgan fingerprint density at radius 3 is 3.14 bits per heavy atom. The zero-order valence-electron chi connectivity index (χ0n) is 13.3. The van der Waals surface area contributed by atoms with Gasteiger partial charge in [-0.25, -0.2) is 4.98 Å². The van der Waals surface area contributed by atoms with E-state index >= 15 is 0 Å². The molecule has 1 saturated heterocycles. The first-order chi connectivity index (χ1) is 10.7. The number of likely N-dealkylation sites (tertiary alicyclic amines) is 1. The molecule has 5 heteroatoms. The second kappa shape index (κ2) is 6.81. The van der Waals surface area contributed by atoms with Crippen molar-refractivity contribution in [1.82, 2.24) is 14.9 Å². The fourth-order valence-corrected chi connectivity index (χ4v) is 3.06. The highest BCUT2D eigenvalue weighted by Gasteiger charge is 2.17. The van der Waals surface area contributed by atoms with Gasteiger partial charge in [-0.05, 0) is 37.3 Å². The average Bonchev–Trinajstić information content (AvgIpc) is 2.94. The normalized spacial score (nSPS) is 19.8. The molecule has 1 aliphatic heterocycles. The molecule has 0 unspecified atom stereocenters. The van der Waals surface area contributed by atoms with Crippen LogP contribution in [-0.4, -0.2) is 40.5 Å². The Balaban J connectivity index is 1.49. The summed E-state index contributed by atoms with van der Waals surface area (Å²) in [6, 6.07) is 8.12. The van der Waals surface area contributed by atoms with E-state index in [4.69, 9.17) is 5.73 Å². The molecule has 0 aliphatic carbocycles. The largest absolute Gasteiger partial charge is 0.370 e. The Labute approximate surface area is 131 Å². The van der Waals surface area contributed by atoms with Crippen LogP contribution in [0.15, 0.2) is 29.3 Å². The van der Waals surface area contributed by atoms with Crippen LogP contribution in [0.25, 0.3) is 11.0 Å². The summed E-state index contributed by atoms with van der Waals surface area (Å²) in [6.07, 6.45) is 4.39.